The molecule has 3 rings (SSSR count). The predicted octanol–water partition coefficient (Wildman–Crippen LogP) is 2.78. The highest BCUT2D eigenvalue weighted by atomic mass is 32.1. The highest BCUT2D eigenvalue weighted by Crippen LogP contribution is 2.12. The fraction of sp³-hybridized carbons (Fsp3) is 0.188. The summed E-state index contributed by atoms with van der Waals surface area (Å²) in [6, 6.07) is 10.1. The fourth-order valence-electron chi connectivity index (χ4n) is 2.24. The van der Waals surface area contributed by atoms with Crippen LogP contribution in [0, 0.1) is 6.92 Å². The molecule has 0 bridgehead atoms. The lowest BCUT2D eigenvalue weighted by atomic mass is 10.1. The van der Waals surface area contributed by atoms with Gasteiger partial charge >= 0.3 is 0 Å². The summed E-state index contributed by atoms with van der Waals surface area (Å²) in [4.78, 5) is 0. The molecular weight excluding hydrogens is 308 g/mol. The van der Waals surface area contributed by atoms with Crippen LogP contribution in [0.5, 0.6) is 0 Å². The molecule has 1 aromatic carbocycles. The third kappa shape index (κ3) is 3.95. The van der Waals surface area contributed by atoms with Crippen molar-refractivity contribution in [1.82, 2.24) is 19.6 Å². The normalized spacial score (nSPS) is 10.5. The first-order valence-corrected chi connectivity index (χ1v) is 7.65. The molecule has 0 atom stereocenters. The minimum Gasteiger partial charge on any atom is -0.330 e. The highest BCUT2D eigenvalue weighted by molar-refractivity contribution is 7.80. The van der Waals surface area contributed by atoms with Gasteiger partial charge in [-0.05, 0) is 30.3 Å². The van der Waals surface area contributed by atoms with Gasteiger partial charge in [-0.25, -0.2) is 0 Å². The van der Waals surface area contributed by atoms with Gasteiger partial charge in [-0.2, -0.15) is 10.2 Å². The Morgan fingerprint density at radius 3 is 2.78 bits per heavy atom. The van der Waals surface area contributed by atoms with Crippen LogP contribution in [-0.2, 0) is 13.6 Å². The monoisotopic (exact) mass is 326 g/mol. The smallest absolute Gasteiger partial charge is 0.176 e. The van der Waals surface area contributed by atoms with Crippen LogP contribution < -0.4 is 10.6 Å². The third-order valence-corrected chi connectivity index (χ3v) is 3.64. The molecule has 7 heteroatoms. The Bertz CT molecular complexity index is 819. The lowest BCUT2D eigenvalue weighted by Crippen LogP contribution is -2.19. The summed E-state index contributed by atoms with van der Waals surface area (Å²) in [5.74, 6) is 0.706. The molecule has 0 saturated carbocycles. The molecule has 118 valence electrons. The zero-order valence-electron chi connectivity index (χ0n) is 13.0. The molecule has 0 aliphatic rings. The average molecular weight is 326 g/mol. The molecule has 23 heavy (non-hydrogen) atoms. The molecule has 0 unspecified atom stereocenters. The van der Waals surface area contributed by atoms with Gasteiger partial charge in [0.05, 0.1) is 18.4 Å². The maximum atomic E-state index is 5.28. The lowest BCUT2D eigenvalue weighted by Gasteiger charge is -2.06. The van der Waals surface area contributed by atoms with Crippen LogP contribution in [0.15, 0.2) is 48.9 Å². The maximum absolute atomic E-state index is 5.28. The number of rotatable bonds is 4. The van der Waals surface area contributed by atoms with E-state index >= 15 is 0 Å². The largest absolute Gasteiger partial charge is 0.330 e. The van der Waals surface area contributed by atoms with E-state index < -0.39 is 0 Å². The van der Waals surface area contributed by atoms with Crippen LogP contribution in [-0.4, -0.2) is 24.7 Å². The summed E-state index contributed by atoms with van der Waals surface area (Å²) in [6.07, 6.45) is 5.54. The summed E-state index contributed by atoms with van der Waals surface area (Å²) in [5.41, 5.74) is 3.34. The van der Waals surface area contributed by atoms with Crippen molar-refractivity contribution < 1.29 is 0 Å². The molecule has 0 fully saturated rings. The van der Waals surface area contributed by atoms with Gasteiger partial charge in [0.2, 0.25) is 0 Å². The van der Waals surface area contributed by atoms with Gasteiger partial charge in [0.15, 0.2) is 10.9 Å². The third-order valence-electron chi connectivity index (χ3n) is 3.44. The first kappa shape index (κ1) is 15.2. The summed E-state index contributed by atoms with van der Waals surface area (Å²) in [5, 5.41) is 15.2. The maximum Gasteiger partial charge on any atom is 0.176 e. The Morgan fingerprint density at radius 2 is 2.04 bits per heavy atom. The Labute approximate surface area is 140 Å². The van der Waals surface area contributed by atoms with Gasteiger partial charge in [0.25, 0.3) is 0 Å². The van der Waals surface area contributed by atoms with Crippen LogP contribution in [0.25, 0.3) is 0 Å². The van der Waals surface area contributed by atoms with E-state index in [4.69, 9.17) is 12.2 Å². The summed E-state index contributed by atoms with van der Waals surface area (Å²) in [7, 11) is 1.86. The van der Waals surface area contributed by atoms with Crippen LogP contribution >= 0.6 is 12.2 Å². The van der Waals surface area contributed by atoms with Gasteiger partial charge in [0, 0.05) is 25.5 Å². The fourth-order valence-corrected chi connectivity index (χ4v) is 2.46. The van der Waals surface area contributed by atoms with E-state index in [1.807, 2.05) is 42.3 Å². The number of nitrogens with zero attached hydrogens (tertiary/aromatic N) is 4. The van der Waals surface area contributed by atoms with E-state index in [1.54, 1.807) is 10.9 Å². The molecule has 0 aliphatic carbocycles. The predicted molar refractivity (Wildman–Crippen MR) is 95.6 cm³/mol. The van der Waals surface area contributed by atoms with E-state index in [0.717, 1.165) is 12.2 Å². The quantitative estimate of drug-likeness (QED) is 0.722. The molecule has 0 aliphatic heterocycles. The SMILES string of the molecule is Cc1ccccc1Cn1cc(NC(=S)Nc2ccn(C)n2)cn1. The minimum absolute atomic E-state index is 0.485. The summed E-state index contributed by atoms with van der Waals surface area (Å²) in [6.45, 7) is 2.83. The van der Waals surface area contributed by atoms with E-state index in [-0.39, 0.29) is 0 Å². The number of hydrogen-bond acceptors (Lipinski definition) is 3. The van der Waals surface area contributed by atoms with E-state index in [0.29, 0.717) is 10.9 Å². The van der Waals surface area contributed by atoms with Crippen molar-refractivity contribution in [2.45, 2.75) is 13.5 Å². The second-order valence-electron chi connectivity index (χ2n) is 5.31. The number of aryl methyl sites for hydroxylation is 2. The molecule has 2 N–H and O–H groups in total. The number of benzene rings is 1. The molecule has 0 saturated heterocycles. The molecular formula is C16H18N6S. The molecule has 3 aromatic rings. The van der Waals surface area contributed by atoms with Gasteiger partial charge in [0.1, 0.15) is 0 Å². The molecule has 2 heterocycles. The Kier molecular flexibility index (Phi) is 4.38. The number of hydrogen-bond donors (Lipinski definition) is 2. The van der Waals surface area contributed by atoms with Crippen molar-refractivity contribution in [3.05, 3.63) is 60.0 Å². The van der Waals surface area contributed by atoms with Crippen molar-refractivity contribution in [1.29, 1.82) is 0 Å². The molecule has 0 spiro atoms. The Hall–Kier alpha value is -2.67. The van der Waals surface area contributed by atoms with Crippen molar-refractivity contribution in [2.75, 3.05) is 10.6 Å². The standard InChI is InChI=1S/C16H18N6S/c1-12-5-3-4-6-13(12)10-22-11-14(9-17-22)18-16(23)19-15-7-8-21(2)20-15/h3-9,11H,10H2,1-2H3,(H2,18,19,20,23). The molecule has 6 nitrogen and oxygen atoms in total. The zero-order chi connectivity index (χ0) is 16.2. The summed E-state index contributed by atoms with van der Waals surface area (Å²) >= 11 is 5.28. The van der Waals surface area contributed by atoms with E-state index in [2.05, 4.69) is 39.9 Å². The second-order valence-corrected chi connectivity index (χ2v) is 5.72. The topological polar surface area (TPSA) is 59.7 Å². The van der Waals surface area contributed by atoms with Crippen molar-refractivity contribution >= 4 is 28.8 Å². The van der Waals surface area contributed by atoms with Crippen molar-refractivity contribution in [3.8, 4) is 0 Å². The summed E-state index contributed by atoms with van der Waals surface area (Å²) < 4.78 is 3.60. The first-order valence-electron chi connectivity index (χ1n) is 7.25. The molecule has 0 amide bonds. The number of nitrogens with one attached hydrogen (secondary N) is 2. The Balaban J connectivity index is 1.61. The Morgan fingerprint density at radius 1 is 1.22 bits per heavy atom. The van der Waals surface area contributed by atoms with Crippen molar-refractivity contribution in [3.63, 3.8) is 0 Å². The lowest BCUT2D eigenvalue weighted by molar-refractivity contribution is 0.684. The zero-order valence-corrected chi connectivity index (χ0v) is 13.8. The van der Waals surface area contributed by atoms with Crippen LogP contribution in [0.1, 0.15) is 11.1 Å². The van der Waals surface area contributed by atoms with E-state index in [1.165, 1.54) is 11.1 Å². The van der Waals surface area contributed by atoms with E-state index in [9.17, 15) is 0 Å². The van der Waals surface area contributed by atoms with Crippen molar-refractivity contribution in [2.24, 2.45) is 7.05 Å². The van der Waals surface area contributed by atoms with Gasteiger partial charge in [-0.3, -0.25) is 9.36 Å². The van der Waals surface area contributed by atoms with Crippen LogP contribution in [0.4, 0.5) is 11.5 Å². The van der Waals surface area contributed by atoms with Gasteiger partial charge in [-0.1, -0.05) is 24.3 Å². The second kappa shape index (κ2) is 6.62. The van der Waals surface area contributed by atoms with Crippen LogP contribution in [0.3, 0.4) is 0 Å². The minimum atomic E-state index is 0.485. The number of aromatic nitrogens is 4. The average Bonchev–Trinajstić information content (AvgIpc) is 3.11. The van der Waals surface area contributed by atoms with Gasteiger partial charge < -0.3 is 10.6 Å². The molecule has 2 aromatic heterocycles. The number of thiocarbonyl (C=S) groups is 1. The molecule has 0 radical (unpaired) electrons. The van der Waals surface area contributed by atoms with Gasteiger partial charge in [-0.15, -0.1) is 0 Å². The van der Waals surface area contributed by atoms with Crippen LogP contribution in [0.2, 0.25) is 0 Å². The highest BCUT2D eigenvalue weighted by Gasteiger charge is 2.05. The number of anilines is 2. The first-order chi connectivity index (χ1) is 11.1.